The van der Waals surface area contributed by atoms with Gasteiger partial charge in [-0.2, -0.15) is 0 Å². The minimum atomic E-state index is -1.00. The van der Waals surface area contributed by atoms with E-state index in [4.69, 9.17) is 5.21 Å². The quantitative estimate of drug-likeness (QED) is 0.468. The van der Waals surface area contributed by atoms with Gasteiger partial charge in [-0.05, 0) is 34.1 Å². The van der Waals surface area contributed by atoms with Gasteiger partial charge >= 0.3 is 0 Å². The number of hydrogen-bond donors (Lipinski definition) is 2. The number of hydroxylamine groups is 1. The Morgan fingerprint density at radius 1 is 1.20 bits per heavy atom. The number of pyridine rings is 1. The molecule has 0 saturated carbocycles. The van der Waals surface area contributed by atoms with Crippen molar-refractivity contribution in [3.63, 3.8) is 0 Å². The Morgan fingerprint density at radius 2 is 1.92 bits per heavy atom. The summed E-state index contributed by atoms with van der Waals surface area (Å²) in [6.07, 6.45) is 3.22. The van der Waals surface area contributed by atoms with Crippen LogP contribution in [0, 0.1) is 11.6 Å². The van der Waals surface area contributed by atoms with E-state index < -0.39 is 17.5 Å². The molecule has 1 aromatic carbocycles. The summed E-state index contributed by atoms with van der Waals surface area (Å²) in [6, 6.07) is 3.46. The van der Waals surface area contributed by atoms with Gasteiger partial charge in [-0.25, -0.2) is 14.3 Å². The summed E-state index contributed by atoms with van der Waals surface area (Å²) in [7, 11) is 0. The van der Waals surface area contributed by atoms with E-state index in [0.717, 1.165) is 45.3 Å². The summed E-state index contributed by atoms with van der Waals surface area (Å²) in [5.74, 6) is -2.89. The molecule has 3 aromatic rings. The maximum absolute atomic E-state index is 14.1. The van der Waals surface area contributed by atoms with Crippen LogP contribution >= 0.6 is 39.0 Å². The molecule has 3 rings (SSSR count). The third kappa shape index (κ3) is 4.00. The van der Waals surface area contributed by atoms with E-state index in [1.807, 2.05) is 0 Å². The lowest BCUT2D eigenvalue weighted by atomic mass is 10.2. The van der Waals surface area contributed by atoms with E-state index in [2.05, 4.69) is 31.1 Å². The minimum Gasteiger partial charge on any atom is -0.288 e. The number of aromatic nitrogens is 3. The van der Waals surface area contributed by atoms with Gasteiger partial charge in [0.2, 0.25) is 0 Å². The maximum atomic E-state index is 14.1. The highest BCUT2D eigenvalue weighted by Crippen LogP contribution is 2.37. The number of amides is 1. The van der Waals surface area contributed by atoms with Gasteiger partial charge in [0.05, 0.1) is 4.90 Å². The van der Waals surface area contributed by atoms with Crippen molar-refractivity contribution in [2.24, 2.45) is 0 Å². The lowest BCUT2D eigenvalue weighted by Gasteiger charge is -2.05. The van der Waals surface area contributed by atoms with Gasteiger partial charge in [0.25, 0.3) is 5.91 Å². The Balaban J connectivity index is 1.87. The van der Waals surface area contributed by atoms with Crippen LogP contribution in [0.2, 0.25) is 0 Å². The van der Waals surface area contributed by atoms with Crippen LogP contribution in [0.25, 0.3) is 10.6 Å². The van der Waals surface area contributed by atoms with Gasteiger partial charge in [-0.15, -0.1) is 10.2 Å². The number of halogens is 3. The number of nitrogens with one attached hydrogen (secondary N) is 1. The van der Waals surface area contributed by atoms with Crippen molar-refractivity contribution < 1.29 is 18.8 Å². The molecule has 0 atom stereocenters. The Kier molecular flexibility index (Phi) is 5.37. The molecule has 6 nitrogen and oxygen atoms in total. The van der Waals surface area contributed by atoms with E-state index in [1.54, 1.807) is 18.5 Å². The molecule has 0 aliphatic heterocycles. The van der Waals surface area contributed by atoms with Gasteiger partial charge in [0.1, 0.15) is 16.6 Å². The first-order chi connectivity index (χ1) is 12.0. The van der Waals surface area contributed by atoms with Crippen LogP contribution in [0.15, 0.2) is 44.3 Å². The van der Waals surface area contributed by atoms with Crippen molar-refractivity contribution in [1.29, 1.82) is 0 Å². The van der Waals surface area contributed by atoms with Crippen molar-refractivity contribution in [2.75, 3.05) is 0 Å². The first-order valence-electron chi connectivity index (χ1n) is 6.53. The van der Waals surface area contributed by atoms with Gasteiger partial charge in [-0.3, -0.25) is 15.0 Å². The third-order valence-corrected chi connectivity index (χ3v) is 5.46. The van der Waals surface area contributed by atoms with E-state index in [1.165, 1.54) is 5.48 Å². The molecule has 0 bridgehead atoms. The Labute approximate surface area is 156 Å². The van der Waals surface area contributed by atoms with E-state index in [0.29, 0.717) is 9.35 Å². The second-order valence-electron chi connectivity index (χ2n) is 4.58. The molecule has 0 unspecified atom stereocenters. The highest BCUT2D eigenvalue weighted by Gasteiger charge is 2.18. The molecule has 1 amide bonds. The minimum absolute atomic E-state index is 0.315. The molecule has 2 N–H and O–H groups in total. The fourth-order valence-corrected chi connectivity index (χ4v) is 3.98. The first-order valence-corrected chi connectivity index (χ1v) is 8.96. The predicted octanol–water partition coefficient (Wildman–Crippen LogP) is 3.91. The smallest absolute Gasteiger partial charge is 0.274 e. The molecule has 2 heterocycles. The van der Waals surface area contributed by atoms with Gasteiger partial charge in [0.15, 0.2) is 4.34 Å². The lowest BCUT2D eigenvalue weighted by molar-refractivity contribution is 0.0705. The molecular formula is C14H7BrF2N4O2S2. The first kappa shape index (κ1) is 17.9. The molecule has 11 heteroatoms. The summed E-state index contributed by atoms with van der Waals surface area (Å²) in [6.45, 7) is 0. The van der Waals surface area contributed by atoms with Crippen LogP contribution < -0.4 is 5.48 Å². The molecule has 0 saturated heterocycles. The number of carbonyl (C=O) groups is 1. The highest BCUT2D eigenvalue weighted by molar-refractivity contribution is 9.10. The van der Waals surface area contributed by atoms with Crippen LogP contribution in [-0.4, -0.2) is 26.3 Å². The Bertz CT molecular complexity index is 931. The zero-order valence-electron chi connectivity index (χ0n) is 12.0. The lowest BCUT2D eigenvalue weighted by Crippen LogP contribution is -2.19. The number of carbonyl (C=O) groups excluding carboxylic acids is 1. The zero-order valence-corrected chi connectivity index (χ0v) is 15.3. The fourth-order valence-electron chi connectivity index (χ4n) is 1.84. The van der Waals surface area contributed by atoms with Crippen molar-refractivity contribution in [3.8, 4) is 10.6 Å². The molecule has 25 heavy (non-hydrogen) atoms. The van der Waals surface area contributed by atoms with Crippen LogP contribution in [0.3, 0.4) is 0 Å². The number of nitrogens with zero attached hydrogens (tertiary/aromatic N) is 3. The second kappa shape index (κ2) is 7.52. The van der Waals surface area contributed by atoms with Gasteiger partial charge in [0, 0.05) is 28.0 Å². The van der Waals surface area contributed by atoms with Crippen molar-refractivity contribution in [3.05, 3.63) is 52.3 Å². The largest absolute Gasteiger partial charge is 0.288 e. The van der Waals surface area contributed by atoms with Gasteiger partial charge < -0.3 is 0 Å². The Morgan fingerprint density at radius 3 is 2.56 bits per heavy atom. The monoisotopic (exact) mass is 444 g/mol. The maximum Gasteiger partial charge on any atom is 0.274 e. The standard InChI is InChI=1S/C14H7BrF2N4O2S2/c15-8-1-7(4-18-5-8)13-19-20-14(25-13)24-11-9(16)2-6(3-10(11)17)12(22)21-23/h1-5,23H,(H,21,22). The van der Waals surface area contributed by atoms with E-state index in [-0.39, 0.29) is 10.5 Å². The van der Waals surface area contributed by atoms with Gasteiger partial charge in [-0.1, -0.05) is 23.1 Å². The third-order valence-electron chi connectivity index (χ3n) is 2.91. The number of hydrogen-bond acceptors (Lipinski definition) is 7. The van der Waals surface area contributed by atoms with Crippen molar-refractivity contribution in [2.45, 2.75) is 9.24 Å². The average molecular weight is 445 g/mol. The van der Waals surface area contributed by atoms with E-state index >= 15 is 0 Å². The molecule has 2 aromatic heterocycles. The molecule has 0 aliphatic carbocycles. The van der Waals surface area contributed by atoms with Crippen molar-refractivity contribution in [1.82, 2.24) is 20.7 Å². The predicted molar refractivity (Wildman–Crippen MR) is 90.6 cm³/mol. The molecule has 0 fully saturated rings. The molecular weight excluding hydrogens is 438 g/mol. The fraction of sp³-hybridized carbons (Fsp3) is 0. The summed E-state index contributed by atoms with van der Waals surface area (Å²) in [5.41, 5.74) is 1.71. The summed E-state index contributed by atoms with van der Waals surface area (Å²) in [5, 5.41) is 17.0. The topological polar surface area (TPSA) is 88.0 Å². The second-order valence-corrected chi connectivity index (χ2v) is 7.73. The van der Waals surface area contributed by atoms with Crippen LogP contribution in [-0.2, 0) is 0 Å². The number of benzene rings is 1. The average Bonchev–Trinajstić information content (AvgIpc) is 3.06. The normalized spacial score (nSPS) is 10.7. The highest BCUT2D eigenvalue weighted by atomic mass is 79.9. The van der Waals surface area contributed by atoms with E-state index in [9.17, 15) is 13.6 Å². The molecule has 0 spiro atoms. The summed E-state index contributed by atoms with van der Waals surface area (Å²) >= 11 is 5.21. The van der Waals surface area contributed by atoms with Crippen LogP contribution in [0.1, 0.15) is 10.4 Å². The summed E-state index contributed by atoms with van der Waals surface area (Å²) < 4.78 is 29.3. The van der Waals surface area contributed by atoms with Crippen molar-refractivity contribution >= 4 is 44.9 Å². The summed E-state index contributed by atoms with van der Waals surface area (Å²) in [4.78, 5) is 15.0. The SMILES string of the molecule is O=C(NO)c1cc(F)c(Sc2nnc(-c3cncc(Br)c3)s2)c(F)c1. The zero-order chi connectivity index (χ0) is 18.0. The van der Waals surface area contributed by atoms with Crippen LogP contribution in [0.4, 0.5) is 8.78 Å². The molecule has 0 aliphatic rings. The van der Waals surface area contributed by atoms with Crippen LogP contribution in [0.5, 0.6) is 0 Å². The molecule has 128 valence electrons. The molecule has 0 radical (unpaired) electrons. The Hall–Kier alpha value is -1.95. The number of rotatable bonds is 4.